The Morgan fingerprint density at radius 2 is 1.78 bits per heavy atom. The van der Waals surface area contributed by atoms with Crippen LogP contribution in [-0.4, -0.2) is 14.3 Å². The molecule has 2 heterocycles. The standard InChI is InChI=1S/C21H19F5N4O2/c1-10(11-5-4-6-13(15(11)22)21(24,25)26)27-17-12-9-30(20(2)7-8-20)19(32)16(23)14(12)18(31)29(3)28-17/h4-6,9-10H,7-8H2,1-3H3,(H,27,28)/t10-/m1/s1. The minimum absolute atomic E-state index is 0.0161. The maximum Gasteiger partial charge on any atom is 0.419 e. The van der Waals surface area contributed by atoms with E-state index >= 15 is 0 Å². The number of nitrogens with one attached hydrogen (secondary N) is 1. The van der Waals surface area contributed by atoms with E-state index in [9.17, 15) is 31.5 Å². The third kappa shape index (κ3) is 3.45. The number of hydrogen-bond acceptors (Lipinski definition) is 4. The van der Waals surface area contributed by atoms with Crippen LogP contribution in [-0.2, 0) is 18.8 Å². The molecule has 0 radical (unpaired) electrons. The lowest BCUT2D eigenvalue weighted by Crippen LogP contribution is -2.33. The molecule has 4 rings (SSSR count). The molecule has 0 aliphatic heterocycles. The SMILES string of the molecule is C[C@@H](Nc1nn(C)c(=O)c2c(F)c(=O)n(C3(C)CC3)cc12)c1cccc(C(F)(F)F)c1F. The molecule has 1 aliphatic rings. The van der Waals surface area contributed by atoms with Gasteiger partial charge in [0.15, 0.2) is 5.82 Å². The predicted octanol–water partition coefficient (Wildman–Crippen LogP) is 4.07. The zero-order valence-electron chi connectivity index (χ0n) is 17.3. The van der Waals surface area contributed by atoms with Crippen LogP contribution < -0.4 is 16.4 Å². The largest absolute Gasteiger partial charge is 0.419 e. The summed E-state index contributed by atoms with van der Waals surface area (Å²) in [6, 6.07) is 1.88. The zero-order chi connectivity index (χ0) is 23.6. The molecule has 0 saturated heterocycles. The normalized spacial score (nSPS) is 16.2. The lowest BCUT2D eigenvalue weighted by atomic mass is 10.0. The van der Waals surface area contributed by atoms with Crippen molar-refractivity contribution >= 4 is 16.6 Å². The Hall–Kier alpha value is -3.24. The van der Waals surface area contributed by atoms with Gasteiger partial charge in [-0.3, -0.25) is 9.59 Å². The van der Waals surface area contributed by atoms with Crippen molar-refractivity contribution in [3.05, 3.63) is 67.9 Å². The number of aryl methyl sites for hydroxylation is 1. The van der Waals surface area contributed by atoms with Crippen LogP contribution in [0.1, 0.15) is 43.9 Å². The van der Waals surface area contributed by atoms with Crippen LogP contribution >= 0.6 is 0 Å². The molecular formula is C21H19F5N4O2. The molecule has 1 N–H and O–H groups in total. The first-order chi connectivity index (χ1) is 14.8. The minimum Gasteiger partial charge on any atom is -0.361 e. The summed E-state index contributed by atoms with van der Waals surface area (Å²) in [6.07, 6.45) is -2.27. The summed E-state index contributed by atoms with van der Waals surface area (Å²) >= 11 is 0. The minimum atomic E-state index is -4.87. The summed E-state index contributed by atoms with van der Waals surface area (Å²) in [7, 11) is 1.25. The highest BCUT2D eigenvalue weighted by atomic mass is 19.4. The van der Waals surface area contributed by atoms with E-state index in [-0.39, 0.29) is 16.8 Å². The number of benzene rings is 1. The van der Waals surface area contributed by atoms with Gasteiger partial charge in [-0.15, -0.1) is 0 Å². The first-order valence-corrected chi connectivity index (χ1v) is 9.80. The number of fused-ring (bicyclic) bond motifs is 1. The van der Waals surface area contributed by atoms with Crippen molar-refractivity contribution in [2.24, 2.45) is 7.05 Å². The van der Waals surface area contributed by atoms with Crippen LogP contribution in [0.4, 0.5) is 27.8 Å². The molecule has 32 heavy (non-hydrogen) atoms. The molecule has 1 atom stereocenters. The Morgan fingerprint density at radius 3 is 2.38 bits per heavy atom. The highest BCUT2D eigenvalue weighted by molar-refractivity contribution is 5.90. The molecule has 1 aromatic carbocycles. The molecule has 0 bridgehead atoms. The highest BCUT2D eigenvalue weighted by Gasteiger charge is 2.41. The molecule has 170 valence electrons. The Kier molecular flexibility index (Phi) is 4.90. The van der Waals surface area contributed by atoms with E-state index in [0.717, 1.165) is 10.7 Å². The second-order valence-electron chi connectivity index (χ2n) is 8.25. The van der Waals surface area contributed by atoms with Gasteiger partial charge in [0.1, 0.15) is 5.82 Å². The number of pyridine rings is 1. The van der Waals surface area contributed by atoms with Crippen LogP contribution in [0.5, 0.6) is 0 Å². The maximum atomic E-state index is 15.0. The number of aromatic nitrogens is 3. The third-order valence-electron chi connectivity index (χ3n) is 5.88. The smallest absolute Gasteiger partial charge is 0.361 e. The van der Waals surface area contributed by atoms with E-state index in [1.807, 2.05) is 0 Å². The van der Waals surface area contributed by atoms with Crippen molar-refractivity contribution in [3.63, 3.8) is 0 Å². The van der Waals surface area contributed by atoms with E-state index in [0.29, 0.717) is 18.9 Å². The van der Waals surface area contributed by atoms with Gasteiger partial charge in [-0.05, 0) is 32.8 Å². The molecule has 1 fully saturated rings. The summed E-state index contributed by atoms with van der Waals surface area (Å²) in [5, 5.41) is 6.31. The van der Waals surface area contributed by atoms with E-state index in [4.69, 9.17) is 0 Å². The topological polar surface area (TPSA) is 68.9 Å². The monoisotopic (exact) mass is 454 g/mol. The van der Waals surface area contributed by atoms with Gasteiger partial charge in [0.2, 0.25) is 5.82 Å². The molecule has 0 amide bonds. The number of rotatable bonds is 4. The van der Waals surface area contributed by atoms with E-state index in [1.54, 1.807) is 6.92 Å². The van der Waals surface area contributed by atoms with Crippen LogP contribution in [0.15, 0.2) is 34.0 Å². The summed E-state index contributed by atoms with van der Waals surface area (Å²) in [5.41, 5.74) is -4.08. The van der Waals surface area contributed by atoms with Crippen molar-refractivity contribution in [2.75, 3.05) is 5.32 Å². The van der Waals surface area contributed by atoms with Gasteiger partial charge >= 0.3 is 6.18 Å². The van der Waals surface area contributed by atoms with Gasteiger partial charge in [-0.25, -0.2) is 9.07 Å². The summed E-state index contributed by atoms with van der Waals surface area (Å²) in [6.45, 7) is 3.17. The van der Waals surface area contributed by atoms with Gasteiger partial charge in [-0.1, -0.05) is 12.1 Å². The second kappa shape index (κ2) is 7.14. The Morgan fingerprint density at radius 1 is 1.12 bits per heavy atom. The van der Waals surface area contributed by atoms with Gasteiger partial charge in [0, 0.05) is 24.3 Å². The molecule has 11 heteroatoms. The van der Waals surface area contributed by atoms with Gasteiger partial charge in [0.05, 0.1) is 22.4 Å². The summed E-state index contributed by atoms with van der Waals surface area (Å²) in [4.78, 5) is 25.0. The summed E-state index contributed by atoms with van der Waals surface area (Å²) < 4.78 is 70.8. The van der Waals surface area contributed by atoms with E-state index in [2.05, 4.69) is 10.4 Å². The fourth-order valence-corrected chi connectivity index (χ4v) is 3.70. The molecule has 1 saturated carbocycles. The Balaban J connectivity index is 1.87. The number of alkyl halides is 3. The van der Waals surface area contributed by atoms with Crippen LogP contribution in [0.25, 0.3) is 10.8 Å². The molecule has 0 unspecified atom stereocenters. The van der Waals surface area contributed by atoms with Crippen molar-refractivity contribution in [1.82, 2.24) is 14.3 Å². The van der Waals surface area contributed by atoms with Crippen molar-refractivity contribution in [2.45, 2.75) is 44.4 Å². The lowest BCUT2D eigenvalue weighted by molar-refractivity contribution is -0.140. The quantitative estimate of drug-likeness (QED) is 0.604. The number of hydrogen-bond donors (Lipinski definition) is 1. The zero-order valence-corrected chi connectivity index (χ0v) is 17.3. The van der Waals surface area contributed by atoms with Gasteiger partial charge in [-0.2, -0.15) is 22.7 Å². The van der Waals surface area contributed by atoms with Gasteiger partial charge in [0.25, 0.3) is 11.1 Å². The fourth-order valence-electron chi connectivity index (χ4n) is 3.70. The first kappa shape index (κ1) is 22.0. The van der Waals surface area contributed by atoms with E-state index < -0.39 is 51.5 Å². The van der Waals surface area contributed by atoms with Crippen LogP contribution in [0, 0.1) is 11.6 Å². The highest BCUT2D eigenvalue weighted by Crippen LogP contribution is 2.42. The van der Waals surface area contributed by atoms with Crippen LogP contribution in [0.2, 0.25) is 0 Å². The van der Waals surface area contributed by atoms with Crippen molar-refractivity contribution < 1.29 is 22.0 Å². The predicted molar refractivity (Wildman–Crippen MR) is 108 cm³/mol. The molecule has 3 aromatic rings. The average molecular weight is 454 g/mol. The van der Waals surface area contributed by atoms with E-state index in [1.165, 1.54) is 30.8 Å². The molecule has 0 spiro atoms. The lowest BCUT2D eigenvalue weighted by Gasteiger charge is -2.20. The fraction of sp³-hybridized carbons (Fsp3) is 0.381. The first-order valence-electron chi connectivity index (χ1n) is 9.80. The molecule has 2 aromatic heterocycles. The Bertz CT molecular complexity index is 1360. The average Bonchev–Trinajstić information content (AvgIpc) is 3.45. The van der Waals surface area contributed by atoms with Crippen molar-refractivity contribution in [3.8, 4) is 0 Å². The summed E-state index contributed by atoms with van der Waals surface area (Å²) in [5.74, 6) is -2.74. The molecule has 1 aliphatic carbocycles. The van der Waals surface area contributed by atoms with Gasteiger partial charge < -0.3 is 9.88 Å². The number of halogens is 5. The number of nitrogens with zero attached hydrogens (tertiary/aromatic N) is 3. The van der Waals surface area contributed by atoms with Crippen LogP contribution in [0.3, 0.4) is 0 Å². The Labute approximate surface area is 178 Å². The third-order valence-corrected chi connectivity index (χ3v) is 5.88. The molecule has 6 nitrogen and oxygen atoms in total. The number of anilines is 1. The maximum absolute atomic E-state index is 15.0. The molecular weight excluding hydrogens is 435 g/mol. The van der Waals surface area contributed by atoms with Crippen molar-refractivity contribution in [1.29, 1.82) is 0 Å². The second-order valence-corrected chi connectivity index (χ2v) is 8.25.